The Kier molecular flexibility index (Phi) is 6.93. The minimum absolute atomic E-state index is 0.0437. The van der Waals surface area contributed by atoms with Gasteiger partial charge in [-0.2, -0.15) is 0 Å². The lowest BCUT2D eigenvalue weighted by atomic mass is 10.1. The molecule has 1 aromatic heterocycles. The molecule has 0 atom stereocenters. The predicted octanol–water partition coefficient (Wildman–Crippen LogP) is 4.24. The first-order valence-electron chi connectivity index (χ1n) is 10.9. The van der Waals surface area contributed by atoms with E-state index >= 15 is 0 Å². The highest BCUT2D eigenvalue weighted by atomic mass is 16.1. The molecule has 2 aromatic carbocycles. The van der Waals surface area contributed by atoms with Crippen molar-refractivity contribution in [2.75, 3.05) is 13.1 Å². The van der Waals surface area contributed by atoms with E-state index in [9.17, 15) is 4.79 Å². The second-order valence-corrected chi connectivity index (χ2v) is 8.12. The van der Waals surface area contributed by atoms with E-state index in [4.69, 9.17) is 0 Å². The molecule has 0 aliphatic carbocycles. The van der Waals surface area contributed by atoms with Crippen molar-refractivity contribution >= 4 is 5.91 Å². The summed E-state index contributed by atoms with van der Waals surface area (Å²) in [6.45, 7) is 4.74. The molecule has 4 rings (SSSR count). The molecule has 5 heteroatoms. The molecule has 1 N–H and O–H groups in total. The van der Waals surface area contributed by atoms with Gasteiger partial charge in [-0.05, 0) is 54.8 Å². The second kappa shape index (κ2) is 10.2. The number of carbonyl (C=O) groups excluding carboxylic acids is 1. The van der Waals surface area contributed by atoms with Crippen molar-refractivity contribution in [2.24, 2.45) is 0 Å². The first-order chi connectivity index (χ1) is 14.8. The van der Waals surface area contributed by atoms with Gasteiger partial charge in [-0.15, -0.1) is 0 Å². The summed E-state index contributed by atoms with van der Waals surface area (Å²) in [6.07, 6.45) is 10.8. The molecular formula is C25H30N4O. The molecule has 5 nitrogen and oxygen atoms in total. The second-order valence-electron chi connectivity index (χ2n) is 8.12. The molecule has 1 saturated heterocycles. The van der Waals surface area contributed by atoms with Gasteiger partial charge in [0.05, 0.1) is 6.33 Å². The van der Waals surface area contributed by atoms with Crippen molar-refractivity contribution in [1.29, 1.82) is 0 Å². The Balaban J connectivity index is 1.26. The number of carbonyl (C=O) groups is 1. The number of imidazole rings is 1. The van der Waals surface area contributed by atoms with Crippen molar-refractivity contribution in [3.8, 4) is 0 Å². The predicted molar refractivity (Wildman–Crippen MR) is 119 cm³/mol. The third kappa shape index (κ3) is 5.80. The molecular weight excluding hydrogens is 372 g/mol. The van der Waals surface area contributed by atoms with Crippen LogP contribution in [-0.4, -0.2) is 33.4 Å². The largest absolute Gasteiger partial charge is 0.348 e. The van der Waals surface area contributed by atoms with Crippen LogP contribution < -0.4 is 5.32 Å². The minimum atomic E-state index is -0.0437. The van der Waals surface area contributed by atoms with Crippen molar-refractivity contribution in [3.63, 3.8) is 0 Å². The Labute approximate surface area is 178 Å². The van der Waals surface area contributed by atoms with E-state index in [1.165, 1.54) is 44.3 Å². The van der Waals surface area contributed by atoms with Crippen LogP contribution in [0.3, 0.4) is 0 Å². The van der Waals surface area contributed by atoms with Crippen LogP contribution in [0, 0.1) is 0 Å². The SMILES string of the molecule is O=C(NCc1ccc(CN2CCCCCC2)cc1)c1ccc(Cn2ccnc2)cc1. The fraction of sp³-hybridized carbons (Fsp3) is 0.360. The summed E-state index contributed by atoms with van der Waals surface area (Å²) in [7, 11) is 0. The zero-order chi connectivity index (χ0) is 20.6. The van der Waals surface area contributed by atoms with Crippen LogP contribution in [0.15, 0.2) is 67.3 Å². The molecule has 0 unspecified atom stereocenters. The average Bonchev–Trinajstić information content (AvgIpc) is 3.15. The Bertz CT molecular complexity index is 909. The van der Waals surface area contributed by atoms with Crippen LogP contribution in [0.25, 0.3) is 0 Å². The third-order valence-corrected chi connectivity index (χ3v) is 5.72. The maximum Gasteiger partial charge on any atom is 0.251 e. The molecule has 0 radical (unpaired) electrons. The topological polar surface area (TPSA) is 50.2 Å². The van der Waals surface area contributed by atoms with Crippen LogP contribution in [-0.2, 0) is 19.6 Å². The van der Waals surface area contributed by atoms with E-state index < -0.39 is 0 Å². The Morgan fingerprint density at radius 2 is 1.47 bits per heavy atom. The number of benzene rings is 2. The fourth-order valence-corrected chi connectivity index (χ4v) is 3.95. The number of amides is 1. The minimum Gasteiger partial charge on any atom is -0.348 e. The van der Waals surface area contributed by atoms with Gasteiger partial charge in [0.1, 0.15) is 0 Å². The lowest BCUT2D eigenvalue weighted by Gasteiger charge is -2.19. The van der Waals surface area contributed by atoms with Crippen LogP contribution >= 0.6 is 0 Å². The van der Waals surface area contributed by atoms with Crippen molar-refractivity contribution in [3.05, 3.63) is 89.5 Å². The molecule has 30 heavy (non-hydrogen) atoms. The van der Waals surface area contributed by atoms with Gasteiger partial charge < -0.3 is 9.88 Å². The molecule has 1 aliphatic rings. The lowest BCUT2D eigenvalue weighted by molar-refractivity contribution is 0.0951. The van der Waals surface area contributed by atoms with E-state index in [1.54, 1.807) is 12.5 Å². The summed E-state index contributed by atoms with van der Waals surface area (Å²) in [4.78, 5) is 19.1. The third-order valence-electron chi connectivity index (χ3n) is 5.72. The van der Waals surface area contributed by atoms with E-state index in [1.807, 2.05) is 35.0 Å². The number of rotatable bonds is 7. The van der Waals surface area contributed by atoms with Gasteiger partial charge in [0, 0.05) is 37.6 Å². The van der Waals surface area contributed by atoms with E-state index in [-0.39, 0.29) is 5.91 Å². The van der Waals surface area contributed by atoms with Crippen LogP contribution in [0.4, 0.5) is 0 Å². The van der Waals surface area contributed by atoms with Gasteiger partial charge in [-0.3, -0.25) is 9.69 Å². The smallest absolute Gasteiger partial charge is 0.251 e. The summed E-state index contributed by atoms with van der Waals surface area (Å²) in [5.41, 5.74) is 4.30. The Morgan fingerprint density at radius 3 is 2.13 bits per heavy atom. The molecule has 0 saturated carbocycles. The van der Waals surface area contributed by atoms with Gasteiger partial charge in [-0.25, -0.2) is 4.98 Å². The summed E-state index contributed by atoms with van der Waals surface area (Å²) in [5, 5.41) is 3.02. The summed E-state index contributed by atoms with van der Waals surface area (Å²) >= 11 is 0. The normalized spacial score (nSPS) is 14.9. The zero-order valence-electron chi connectivity index (χ0n) is 17.5. The number of likely N-dealkylation sites (tertiary alicyclic amines) is 1. The highest BCUT2D eigenvalue weighted by molar-refractivity contribution is 5.94. The maximum atomic E-state index is 12.5. The fourth-order valence-electron chi connectivity index (χ4n) is 3.95. The molecule has 2 heterocycles. The van der Waals surface area contributed by atoms with Crippen LogP contribution in [0.1, 0.15) is 52.7 Å². The number of nitrogens with one attached hydrogen (secondary N) is 1. The van der Waals surface area contributed by atoms with Crippen molar-refractivity contribution < 1.29 is 4.79 Å². The van der Waals surface area contributed by atoms with Crippen LogP contribution in [0.5, 0.6) is 0 Å². The van der Waals surface area contributed by atoms with Crippen LogP contribution in [0.2, 0.25) is 0 Å². The summed E-state index contributed by atoms with van der Waals surface area (Å²) in [5.74, 6) is -0.0437. The number of hydrogen-bond donors (Lipinski definition) is 1. The standard InChI is InChI=1S/C25H30N4O/c30-25(24-11-9-23(10-12-24)19-29-16-13-26-20-29)27-17-21-5-7-22(8-6-21)18-28-14-3-1-2-4-15-28/h5-13,16,20H,1-4,14-15,17-19H2,(H,27,30). The molecule has 1 amide bonds. The van der Waals surface area contributed by atoms with Gasteiger partial charge in [0.15, 0.2) is 0 Å². The molecule has 0 spiro atoms. The van der Waals surface area contributed by atoms with Crippen molar-refractivity contribution in [1.82, 2.24) is 19.8 Å². The van der Waals surface area contributed by atoms with Gasteiger partial charge in [0.25, 0.3) is 5.91 Å². The highest BCUT2D eigenvalue weighted by Gasteiger charge is 2.10. The average molecular weight is 403 g/mol. The quantitative estimate of drug-likeness (QED) is 0.643. The van der Waals surface area contributed by atoms with E-state index in [2.05, 4.69) is 39.5 Å². The summed E-state index contributed by atoms with van der Waals surface area (Å²) in [6, 6.07) is 16.4. The first-order valence-corrected chi connectivity index (χ1v) is 10.9. The number of nitrogens with zero attached hydrogens (tertiary/aromatic N) is 3. The van der Waals surface area contributed by atoms with Gasteiger partial charge >= 0.3 is 0 Å². The molecule has 3 aromatic rings. The first kappa shape index (κ1) is 20.4. The summed E-state index contributed by atoms with van der Waals surface area (Å²) < 4.78 is 2.01. The van der Waals surface area contributed by atoms with E-state index in [0.717, 1.165) is 24.2 Å². The molecule has 1 fully saturated rings. The van der Waals surface area contributed by atoms with Crippen molar-refractivity contribution in [2.45, 2.75) is 45.3 Å². The monoisotopic (exact) mass is 402 g/mol. The van der Waals surface area contributed by atoms with E-state index in [0.29, 0.717) is 12.1 Å². The number of hydrogen-bond acceptors (Lipinski definition) is 3. The zero-order valence-corrected chi connectivity index (χ0v) is 17.5. The van der Waals surface area contributed by atoms with Gasteiger partial charge in [0.2, 0.25) is 0 Å². The molecule has 1 aliphatic heterocycles. The lowest BCUT2D eigenvalue weighted by Crippen LogP contribution is -2.24. The molecule has 0 bridgehead atoms. The highest BCUT2D eigenvalue weighted by Crippen LogP contribution is 2.14. The van der Waals surface area contributed by atoms with Gasteiger partial charge in [-0.1, -0.05) is 49.2 Å². The number of aromatic nitrogens is 2. The Hall–Kier alpha value is -2.92. The molecule has 156 valence electrons. The Morgan fingerprint density at radius 1 is 0.833 bits per heavy atom. The maximum absolute atomic E-state index is 12.5.